The molecule has 0 amide bonds. The predicted octanol–water partition coefficient (Wildman–Crippen LogP) is 7.10. The molecule has 38 heavy (non-hydrogen) atoms. The van der Waals surface area contributed by atoms with Crippen molar-refractivity contribution in [3.63, 3.8) is 0 Å². The first kappa shape index (κ1) is 29.2. The van der Waals surface area contributed by atoms with Crippen molar-refractivity contribution in [2.45, 2.75) is 37.7 Å². The molecule has 3 aromatic rings. The van der Waals surface area contributed by atoms with Crippen LogP contribution in [0.1, 0.15) is 40.9 Å². The number of likely N-dealkylation sites (N-methyl/N-ethyl adjacent to an activating group) is 1. The molecule has 0 saturated carbocycles. The molecular weight excluding hydrogens is 529 g/mol. The van der Waals surface area contributed by atoms with E-state index in [-0.39, 0.29) is 11.5 Å². The first-order chi connectivity index (χ1) is 18.0. The summed E-state index contributed by atoms with van der Waals surface area (Å²) in [7, 11) is 3.07. The highest BCUT2D eigenvalue weighted by Crippen LogP contribution is 2.35. The average Bonchev–Trinajstić information content (AvgIpc) is 2.89. The van der Waals surface area contributed by atoms with Crippen LogP contribution in [0.3, 0.4) is 0 Å². The van der Waals surface area contributed by atoms with Gasteiger partial charge in [-0.25, -0.2) is 0 Å². The summed E-state index contributed by atoms with van der Waals surface area (Å²) < 4.78 is 74.2. The van der Waals surface area contributed by atoms with Crippen molar-refractivity contribution < 1.29 is 31.4 Å². The molecule has 5 nitrogen and oxygen atoms in total. The number of nitrogens with one attached hydrogen (secondary N) is 2. The molecule has 0 bridgehead atoms. The SMILES string of the molecule is C=C(NC)[C@H](N[C@@H](CCc1ccc(C(F)(F)F)nc1)c1ccc(OC(F)F)c(OC)c1)c1ccc(Cl)cc1. The van der Waals surface area contributed by atoms with Gasteiger partial charge in [-0.05, 0) is 59.9 Å². The summed E-state index contributed by atoms with van der Waals surface area (Å²) in [6.45, 7) is 1.08. The van der Waals surface area contributed by atoms with E-state index in [0.29, 0.717) is 34.7 Å². The first-order valence-corrected chi connectivity index (χ1v) is 11.9. The second kappa shape index (κ2) is 12.9. The lowest BCUT2D eigenvalue weighted by molar-refractivity contribution is -0.141. The van der Waals surface area contributed by atoms with Gasteiger partial charge in [0.1, 0.15) is 5.69 Å². The van der Waals surface area contributed by atoms with Gasteiger partial charge >= 0.3 is 12.8 Å². The molecule has 1 aromatic heterocycles. The number of halogens is 6. The van der Waals surface area contributed by atoms with Crippen LogP contribution in [0, 0.1) is 0 Å². The van der Waals surface area contributed by atoms with E-state index in [1.165, 1.54) is 25.4 Å². The third-order valence-electron chi connectivity index (χ3n) is 5.88. The average molecular weight is 556 g/mol. The molecular formula is C27H27ClF5N3O2. The van der Waals surface area contributed by atoms with Gasteiger partial charge in [0, 0.05) is 30.0 Å². The van der Waals surface area contributed by atoms with Crippen LogP contribution in [0.2, 0.25) is 5.02 Å². The van der Waals surface area contributed by atoms with Crippen molar-refractivity contribution in [2.24, 2.45) is 0 Å². The van der Waals surface area contributed by atoms with Crippen LogP contribution in [0.15, 0.2) is 73.1 Å². The predicted molar refractivity (Wildman–Crippen MR) is 135 cm³/mol. The Bertz CT molecular complexity index is 1200. The van der Waals surface area contributed by atoms with E-state index in [0.717, 1.165) is 11.6 Å². The van der Waals surface area contributed by atoms with Crippen LogP contribution in [0.25, 0.3) is 0 Å². The Kier molecular flexibility index (Phi) is 9.93. The smallest absolute Gasteiger partial charge is 0.433 e. The van der Waals surface area contributed by atoms with Gasteiger partial charge in [0.15, 0.2) is 11.5 Å². The van der Waals surface area contributed by atoms with Crippen LogP contribution in [0.5, 0.6) is 11.5 Å². The Labute approximate surface area is 222 Å². The molecule has 0 aliphatic rings. The maximum Gasteiger partial charge on any atom is 0.433 e. The molecule has 0 spiro atoms. The molecule has 0 aliphatic carbocycles. The fraction of sp³-hybridized carbons (Fsp3) is 0.296. The van der Waals surface area contributed by atoms with Gasteiger partial charge < -0.3 is 14.8 Å². The summed E-state index contributed by atoms with van der Waals surface area (Å²) in [6, 6.07) is 13.3. The van der Waals surface area contributed by atoms with Crippen molar-refractivity contribution in [3.8, 4) is 11.5 Å². The van der Waals surface area contributed by atoms with Crippen molar-refractivity contribution in [1.29, 1.82) is 0 Å². The van der Waals surface area contributed by atoms with E-state index in [2.05, 4.69) is 26.9 Å². The highest BCUT2D eigenvalue weighted by atomic mass is 35.5. The monoisotopic (exact) mass is 555 g/mol. The van der Waals surface area contributed by atoms with Gasteiger partial charge in [0.2, 0.25) is 0 Å². The number of hydrogen-bond acceptors (Lipinski definition) is 5. The van der Waals surface area contributed by atoms with Crippen LogP contribution in [0.4, 0.5) is 22.0 Å². The number of nitrogens with zero attached hydrogens (tertiary/aromatic N) is 1. The fourth-order valence-electron chi connectivity index (χ4n) is 3.89. The lowest BCUT2D eigenvalue weighted by atomic mass is 9.95. The van der Waals surface area contributed by atoms with Gasteiger partial charge in [0.05, 0.1) is 13.2 Å². The molecule has 0 unspecified atom stereocenters. The maximum absolute atomic E-state index is 12.9. The highest BCUT2D eigenvalue weighted by Gasteiger charge is 2.32. The molecule has 0 radical (unpaired) electrons. The van der Waals surface area contributed by atoms with Gasteiger partial charge in [-0.2, -0.15) is 22.0 Å². The number of aromatic nitrogens is 1. The lowest BCUT2D eigenvalue weighted by Crippen LogP contribution is -2.31. The number of rotatable bonds is 12. The summed E-state index contributed by atoms with van der Waals surface area (Å²) in [4.78, 5) is 3.54. The number of hydrogen-bond donors (Lipinski definition) is 2. The zero-order valence-corrected chi connectivity index (χ0v) is 21.4. The summed E-state index contributed by atoms with van der Waals surface area (Å²) in [6.07, 6.45) is -2.53. The number of methoxy groups -OCH3 is 1. The Morgan fingerprint density at radius 1 is 1.03 bits per heavy atom. The summed E-state index contributed by atoms with van der Waals surface area (Å²) >= 11 is 6.06. The van der Waals surface area contributed by atoms with Gasteiger partial charge in [-0.3, -0.25) is 10.3 Å². The second-order valence-electron chi connectivity index (χ2n) is 8.36. The molecule has 1 heterocycles. The standard InChI is InChI=1S/C27H27ClF5N3O2/c1-16(34-2)25(18-6-9-20(28)10-7-18)36-21(11-4-17-5-13-24(35-15-17)27(31,32)33)19-8-12-22(38-26(29)30)23(14-19)37-3/h5-10,12-15,21,25-26,34,36H,1,4,11H2,2-3H3/t21-,25-/m0/s1. The van der Waals surface area contributed by atoms with E-state index < -0.39 is 30.6 Å². The Hall–Kier alpha value is -3.37. The van der Waals surface area contributed by atoms with Gasteiger partial charge in [-0.1, -0.05) is 42.4 Å². The Morgan fingerprint density at radius 3 is 2.26 bits per heavy atom. The quantitative estimate of drug-likeness (QED) is 0.233. The fourth-order valence-corrected chi connectivity index (χ4v) is 4.02. The first-order valence-electron chi connectivity index (χ1n) is 11.5. The minimum atomic E-state index is -4.53. The van der Waals surface area contributed by atoms with E-state index in [9.17, 15) is 22.0 Å². The van der Waals surface area contributed by atoms with E-state index in [4.69, 9.17) is 16.3 Å². The molecule has 2 aromatic carbocycles. The van der Waals surface area contributed by atoms with Crippen LogP contribution < -0.4 is 20.1 Å². The Balaban J connectivity index is 1.94. The van der Waals surface area contributed by atoms with Crippen LogP contribution in [-0.2, 0) is 12.6 Å². The number of aryl methyl sites for hydroxylation is 1. The molecule has 3 rings (SSSR count). The lowest BCUT2D eigenvalue weighted by Gasteiger charge is -2.29. The minimum absolute atomic E-state index is 0.112. The maximum atomic E-state index is 12.9. The molecule has 11 heteroatoms. The highest BCUT2D eigenvalue weighted by molar-refractivity contribution is 6.30. The molecule has 0 fully saturated rings. The minimum Gasteiger partial charge on any atom is -0.493 e. The van der Waals surface area contributed by atoms with E-state index in [1.54, 1.807) is 31.3 Å². The van der Waals surface area contributed by atoms with Gasteiger partial charge in [0.25, 0.3) is 0 Å². The number of ether oxygens (including phenoxy) is 2. The third kappa shape index (κ3) is 7.82. The zero-order chi connectivity index (χ0) is 27.9. The summed E-state index contributed by atoms with van der Waals surface area (Å²) in [5.41, 5.74) is 1.83. The second-order valence-corrected chi connectivity index (χ2v) is 8.79. The molecule has 2 atom stereocenters. The number of pyridine rings is 1. The normalized spacial score (nSPS) is 13.2. The molecule has 0 saturated heterocycles. The van der Waals surface area contributed by atoms with Gasteiger partial charge in [-0.15, -0.1) is 0 Å². The number of alkyl halides is 5. The van der Waals surface area contributed by atoms with Crippen LogP contribution in [-0.4, -0.2) is 25.8 Å². The van der Waals surface area contributed by atoms with Crippen LogP contribution >= 0.6 is 11.6 Å². The van der Waals surface area contributed by atoms with E-state index in [1.807, 2.05) is 12.1 Å². The molecule has 0 aliphatic heterocycles. The third-order valence-corrected chi connectivity index (χ3v) is 6.14. The summed E-state index contributed by atoms with van der Waals surface area (Å²) in [5.74, 6) is -0.00731. The van der Waals surface area contributed by atoms with Crippen molar-refractivity contribution in [3.05, 3.63) is 100 Å². The van der Waals surface area contributed by atoms with Crippen molar-refractivity contribution in [2.75, 3.05) is 14.2 Å². The topological polar surface area (TPSA) is 55.4 Å². The van der Waals surface area contributed by atoms with Crippen molar-refractivity contribution >= 4 is 11.6 Å². The number of benzene rings is 2. The largest absolute Gasteiger partial charge is 0.493 e. The zero-order valence-electron chi connectivity index (χ0n) is 20.7. The Morgan fingerprint density at radius 2 is 1.71 bits per heavy atom. The summed E-state index contributed by atoms with van der Waals surface area (Å²) in [5, 5.41) is 7.14. The van der Waals surface area contributed by atoms with E-state index >= 15 is 0 Å². The van der Waals surface area contributed by atoms with Crippen molar-refractivity contribution in [1.82, 2.24) is 15.6 Å². The molecule has 204 valence electrons. The molecule has 2 N–H and O–H groups in total.